The van der Waals surface area contributed by atoms with E-state index < -0.39 is 16.7 Å². The molecule has 7 heteroatoms. The summed E-state index contributed by atoms with van der Waals surface area (Å²) in [5.74, 6) is -1.33. The fraction of sp³-hybridized carbons (Fsp3) is 0.467. The molecule has 1 aromatic carbocycles. The SMILES string of the molecule is CC(C)(C)c1ccc(N2CC(C(N)=O)CC2=O)cc1[N+](=O)[O-]. The van der Waals surface area contributed by atoms with E-state index in [9.17, 15) is 19.7 Å². The molecule has 2 rings (SSSR count). The Morgan fingerprint density at radius 2 is 2.05 bits per heavy atom. The van der Waals surface area contributed by atoms with Gasteiger partial charge in [-0.25, -0.2) is 0 Å². The predicted octanol–water partition coefficient (Wildman–Crippen LogP) is 1.73. The van der Waals surface area contributed by atoms with E-state index in [2.05, 4.69) is 0 Å². The molecule has 2 N–H and O–H groups in total. The molecule has 0 radical (unpaired) electrons. The summed E-state index contributed by atoms with van der Waals surface area (Å²) in [5, 5.41) is 11.3. The molecular weight excluding hydrogens is 286 g/mol. The molecule has 118 valence electrons. The lowest BCUT2D eigenvalue weighted by Crippen LogP contribution is -2.28. The highest BCUT2D eigenvalue weighted by Gasteiger charge is 2.35. The van der Waals surface area contributed by atoms with Crippen molar-refractivity contribution >= 4 is 23.2 Å². The molecule has 22 heavy (non-hydrogen) atoms. The number of hydrogen-bond acceptors (Lipinski definition) is 4. The van der Waals surface area contributed by atoms with Gasteiger partial charge in [-0.2, -0.15) is 0 Å². The first-order valence-corrected chi connectivity index (χ1v) is 7.00. The Morgan fingerprint density at radius 3 is 2.50 bits per heavy atom. The molecule has 1 aliphatic heterocycles. The first-order chi connectivity index (χ1) is 10.1. The summed E-state index contributed by atoms with van der Waals surface area (Å²) in [6.45, 7) is 5.83. The van der Waals surface area contributed by atoms with Gasteiger partial charge in [-0.15, -0.1) is 0 Å². The van der Waals surface area contributed by atoms with Gasteiger partial charge in [0, 0.05) is 24.6 Å². The predicted molar refractivity (Wildman–Crippen MR) is 81.5 cm³/mol. The lowest BCUT2D eigenvalue weighted by atomic mass is 9.85. The summed E-state index contributed by atoms with van der Waals surface area (Å²) < 4.78 is 0. The minimum Gasteiger partial charge on any atom is -0.369 e. The van der Waals surface area contributed by atoms with E-state index in [1.54, 1.807) is 12.1 Å². The van der Waals surface area contributed by atoms with Crippen molar-refractivity contribution in [3.63, 3.8) is 0 Å². The number of anilines is 1. The van der Waals surface area contributed by atoms with Crippen LogP contribution in [0.1, 0.15) is 32.8 Å². The van der Waals surface area contributed by atoms with Crippen LogP contribution in [-0.4, -0.2) is 23.3 Å². The number of nitrogens with two attached hydrogens (primary N) is 1. The summed E-state index contributed by atoms with van der Waals surface area (Å²) in [5.41, 5.74) is 5.84. The Balaban J connectivity index is 2.42. The van der Waals surface area contributed by atoms with Gasteiger partial charge in [0.2, 0.25) is 11.8 Å². The van der Waals surface area contributed by atoms with Crippen molar-refractivity contribution in [2.75, 3.05) is 11.4 Å². The second-order valence-corrected chi connectivity index (χ2v) is 6.52. The van der Waals surface area contributed by atoms with Gasteiger partial charge in [0.25, 0.3) is 5.69 Å². The standard InChI is InChI=1S/C15H19N3O4/c1-15(2,3)11-5-4-10(7-12(11)18(21)22)17-8-9(14(16)20)6-13(17)19/h4-5,7,9H,6,8H2,1-3H3,(H2,16,20). The monoisotopic (exact) mass is 305 g/mol. The van der Waals surface area contributed by atoms with Crippen LogP contribution in [0.4, 0.5) is 11.4 Å². The number of nitro groups is 1. The van der Waals surface area contributed by atoms with E-state index in [1.165, 1.54) is 11.0 Å². The topological polar surface area (TPSA) is 107 Å². The third kappa shape index (κ3) is 2.93. The van der Waals surface area contributed by atoms with Crippen molar-refractivity contribution in [1.82, 2.24) is 0 Å². The Hall–Kier alpha value is -2.44. The number of carbonyl (C=O) groups is 2. The first-order valence-electron chi connectivity index (χ1n) is 7.00. The number of nitro benzene ring substituents is 1. The molecule has 1 saturated heterocycles. The average Bonchev–Trinajstić information content (AvgIpc) is 2.79. The molecule has 1 heterocycles. The summed E-state index contributed by atoms with van der Waals surface area (Å²) in [6, 6.07) is 4.73. The highest BCUT2D eigenvalue weighted by Crippen LogP contribution is 2.35. The molecule has 1 aliphatic rings. The number of nitrogens with zero attached hydrogens (tertiary/aromatic N) is 2. The van der Waals surface area contributed by atoms with Crippen LogP contribution >= 0.6 is 0 Å². The van der Waals surface area contributed by atoms with Gasteiger partial charge in [0.1, 0.15) is 0 Å². The van der Waals surface area contributed by atoms with Crippen LogP contribution in [0.3, 0.4) is 0 Å². The first kappa shape index (κ1) is 15.9. The van der Waals surface area contributed by atoms with Crippen LogP contribution < -0.4 is 10.6 Å². The lowest BCUT2D eigenvalue weighted by molar-refractivity contribution is -0.385. The molecule has 7 nitrogen and oxygen atoms in total. The second kappa shape index (κ2) is 5.40. The van der Waals surface area contributed by atoms with Gasteiger partial charge in [0.15, 0.2) is 0 Å². The van der Waals surface area contributed by atoms with Gasteiger partial charge in [0.05, 0.1) is 16.5 Å². The molecule has 0 aliphatic carbocycles. The normalized spacial score (nSPS) is 18.6. The number of amides is 2. The van der Waals surface area contributed by atoms with Crippen molar-refractivity contribution in [2.24, 2.45) is 11.7 Å². The van der Waals surface area contributed by atoms with Gasteiger partial charge in [-0.3, -0.25) is 19.7 Å². The minimum atomic E-state index is -0.547. The minimum absolute atomic E-state index is 0.0275. The molecule has 1 unspecified atom stereocenters. The van der Waals surface area contributed by atoms with Crippen molar-refractivity contribution in [3.05, 3.63) is 33.9 Å². The van der Waals surface area contributed by atoms with E-state index in [4.69, 9.17) is 5.73 Å². The average molecular weight is 305 g/mol. The molecule has 0 spiro atoms. The van der Waals surface area contributed by atoms with Crippen LogP contribution in [0.5, 0.6) is 0 Å². The molecule has 1 atom stereocenters. The smallest absolute Gasteiger partial charge is 0.275 e. The summed E-state index contributed by atoms with van der Waals surface area (Å²) >= 11 is 0. The summed E-state index contributed by atoms with van der Waals surface area (Å²) in [7, 11) is 0. The van der Waals surface area contributed by atoms with Crippen molar-refractivity contribution in [2.45, 2.75) is 32.6 Å². The van der Waals surface area contributed by atoms with Gasteiger partial charge in [-0.05, 0) is 17.5 Å². The van der Waals surface area contributed by atoms with Crippen LogP contribution in [0.25, 0.3) is 0 Å². The number of benzene rings is 1. The molecule has 0 bridgehead atoms. The number of primary amides is 1. The zero-order valence-electron chi connectivity index (χ0n) is 12.8. The molecule has 1 aromatic rings. The zero-order chi connectivity index (χ0) is 16.7. The maximum atomic E-state index is 12.0. The Bertz CT molecular complexity index is 649. The number of hydrogen-bond donors (Lipinski definition) is 1. The number of carbonyl (C=O) groups excluding carboxylic acids is 2. The van der Waals surface area contributed by atoms with E-state index in [0.29, 0.717) is 11.3 Å². The Morgan fingerprint density at radius 1 is 1.41 bits per heavy atom. The maximum absolute atomic E-state index is 12.0. The van der Waals surface area contributed by atoms with E-state index >= 15 is 0 Å². The fourth-order valence-electron chi connectivity index (χ4n) is 2.62. The van der Waals surface area contributed by atoms with Gasteiger partial charge < -0.3 is 10.6 Å². The molecule has 0 saturated carbocycles. The van der Waals surface area contributed by atoms with Crippen molar-refractivity contribution < 1.29 is 14.5 Å². The van der Waals surface area contributed by atoms with E-state index in [1.807, 2.05) is 20.8 Å². The largest absolute Gasteiger partial charge is 0.369 e. The third-order valence-corrected chi connectivity index (χ3v) is 3.83. The van der Waals surface area contributed by atoms with Gasteiger partial charge in [-0.1, -0.05) is 20.8 Å². The van der Waals surface area contributed by atoms with Crippen LogP contribution in [0.2, 0.25) is 0 Å². The second-order valence-electron chi connectivity index (χ2n) is 6.52. The van der Waals surface area contributed by atoms with Crippen molar-refractivity contribution in [1.29, 1.82) is 0 Å². The zero-order valence-corrected chi connectivity index (χ0v) is 12.8. The van der Waals surface area contributed by atoms with Crippen molar-refractivity contribution in [3.8, 4) is 0 Å². The fourth-order valence-corrected chi connectivity index (χ4v) is 2.62. The molecule has 0 aromatic heterocycles. The maximum Gasteiger partial charge on any atom is 0.275 e. The number of rotatable bonds is 3. The molecular formula is C15H19N3O4. The highest BCUT2D eigenvalue weighted by molar-refractivity contribution is 6.00. The lowest BCUT2D eigenvalue weighted by Gasteiger charge is -2.21. The van der Waals surface area contributed by atoms with Crippen LogP contribution in [-0.2, 0) is 15.0 Å². The third-order valence-electron chi connectivity index (χ3n) is 3.83. The summed E-state index contributed by atoms with van der Waals surface area (Å²) in [6.07, 6.45) is 0.0458. The highest BCUT2D eigenvalue weighted by atomic mass is 16.6. The van der Waals surface area contributed by atoms with Crippen LogP contribution in [0, 0.1) is 16.0 Å². The Kier molecular flexibility index (Phi) is 3.91. The quantitative estimate of drug-likeness (QED) is 0.677. The summed E-state index contributed by atoms with van der Waals surface area (Å²) in [4.78, 5) is 35.5. The Labute approximate surface area is 128 Å². The van der Waals surface area contributed by atoms with E-state index in [-0.39, 0.29) is 30.0 Å². The van der Waals surface area contributed by atoms with Crippen LogP contribution in [0.15, 0.2) is 18.2 Å². The van der Waals surface area contributed by atoms with E-state index in [0.717, 1.165) is 0 Å². The van der Waals surface area contributed by atoms with Gasteiger partial charge >= 0.3 is 0 Å². The molecule has 2 amide bonds. The molecule has 1 fully saturated rings.